The Balaban J connectivity index is 1.84. The van der Waals surface area contributed by atoms with E-state index in [0.29, 0.717) is 12.2 Å². The van der Waals surface area contributed by atoms with E-state index in [4.69, 9.17) is 4.74 Å². The summed E-state index contributed by atoms with van der Waals surface area (Å²) >= 11 is 0. The van der Waals surface area contributed by atoms with Crippen LogP contribution in [-0.2, 0) is 11.3 Å². The fourth-order valence-corrected chi connectivity index (χ4v) is 2.96. The first kappa shape index (κ1) is 14.7. The highest BCUT2D eigenvalue weighted by molar-refractivity contribution is 5.94. The number of nitrogens with one attached hydrogen (secondary N) is 1. The predicted octanol–water partition coefficient (Wildman–Crippen LogP) is 2.32. The highest BCUT2D eigenvalue weighted by Gasteiger charge is 2.30. The minimum Gasteiger partial charge on any atom is -0.380 e. The Morgan fingerprint density at radius 1 is 1.45 bits per heavy atom. The Morgan fingerprint density at radius 3 is 3.14 bits per heavy atom. The van der Waals surface area contributed by atoms with Crippen LogP contribution in [0.5, 0.6) is 0 Å². The van der Waals surface area contributed by atoms with Crippen molar-refractivity contribution in [3.63, 3.8) is 0 Å². The van der Waals surface area contributed by atoms with Gasteiger partial charge in [0, 0.05) is 19.2 Å². The summed E-state index contributed by atoms with van der Waals surface area (Å²) in [5.74, 6) is 0.806. The molecule has 1 N–H and O–H groups in total. The van der Waals surface area contributed by atoms with Crippen molar-refractivity contribution in [1.82, 2.24) is 20.1 Å². The molecule has 116 valence electrons. The van der Waals surface area contributed by atoms with E-state index in [1.54, 1.807) is 7.11 Å². The molecular weight excluding hydrogens is 280 g/mol. The van der Waals surface area contributed by atoms with Crippen molar-refractivity contribution in [2.24, 2.45) is 0 Å². The van der Waals surface area contributed by atoms with Crippen LogP contribution in [0.3, 0.4) is 0 Å². The van der Waals surface area contributed by atoms with Crippen LogP contribution in [0.15, 0.2) is 30.6 Å². The van der Waals surface area contributed by atoms with Gasteiger partial charge in [-0.2, -0.15) is 5.10 Å². The van der Waals surface area contributed by atoms with E-state index in [2.05, 4.69) is 15.2 Å². The number of carbonyl (C=O) groups excluding carboxylic acids is 1. The minimum absolute atomic E-state index is 0.0187. The average Bonchev–Trinajstić information content (AvgIpc) is 3.09. The van der Waals surface area contributed by atoms with Gasteiger partial charge in [-0.05, 0) is 37.0 Å². The van der Waals surface area contributed by atoms with E-state index in [1.165, 1.54) is 6.33 Å². The van der Waals surface area contributed by atoms with Gasteiger partial charge in [0.05, 0.1) is 12.6 Å². The van der Waals surface area contributed by atoms with Gasteiger partial charge in [0.1, 0.15) is 12.2 Å². The summed E-state index contributed by atoms with van der Waals surface area (Å²) in [7, 11) is 1.65. The van der Waals surface area contributed by atoms with Crippen LogP contribution in [-0.4, -0.2) is 39.6 Å². The van der Waals surface area contributed by atoms with E-state index in [-0.39, 0.29) is 11.9 Å². The van der Waals surface area contributed by atoms with Crippen molar-refractivity contribution < 1.29 is 9.53 Å². The Bertz CT molecular complexity index is 627. The quantitative estimate of drug-likeness (QED) is 0.940. The number of amides is 1. The second kappa shape index (κ2) is 6.70. The van der Waals surface area contributed by atoms with Gasteiger partial charge in [0.25, 0.3) is 5.91 Å². The number of ether oxygens (including phenoxy) is 1. The first-order valence-corrected chi connectivity index (χ1v) is 7.53. The lowest BCUT2D eigenvalue weighted by Crippen LogP contribution is -2.39. The third kappa shape index (κ3) is 3.01. The smallest absolute Gasteiger partial charge is 0.254 e. The zero-order valence-corrected chi connectivity index (χ0v) is 12.7. The second-order valence-corrected chi connectivity index (χ2v) is 5.51. The molecule has 1 aliphatic rings. The number of likely N-dealkylation sites (tertiary alicyclic amines) is 1. The summed E-state index contributed by atoms with van der Waals surface area (Å²) < 4.78 is 5.14. The Morgan fingerprint density at radius 2 is 2.36 bits per heavy atom. The number of hydrogen-bond donors (Lipinski definition) is 1. The summed E-state index contributed by atoms with van der Waals surface area (Å²) in [6, 6.07) is 7.60. The lowest BCUT2D eigenvalue weighted by Gasteiger charge is -2.34. The molecule has 22 heavy (non-hydrogen) atoms. The molecule has 6 heteroatoms. The first-order chi connectivity index (χ1) is 10.8. The van der Waals surface area contributed by atoms with Gasteiger partial charge in [0.2, 0.25) is 0 Å². The van der Waals surface area contributed by atoms with Crippen LogP contribution in [0.1, 0.15) is 47.1 Å². The minimum atomic E-state index is -0.0187. The molecule has 0 aliphatic carbocycles. The molecule has 1 atom stereocenters. The molecule has 1 fully saturated rings. The third-order valence-corrected chi connectivity index (χ3v) is 4.00. The number of carbonyl (C=O) groups is 1. The number of H-pyrrole nitrogens is 1. The van der Waals surface area contributed by atoms with Gasteiger partial charge >= 0.3 is 0 Å². The van der Waals surface area contributed by atoms with Crippen LogP contribution in [0, 0.1) is 0 Å². The summed E-state index contributed by atoms with van der Waals surface area (Å²) in [6.45, 7) is 1.26. The van der Waals surface area contributed by atoms with Crippen LogP contribution in [0.25, 0.3) is 0 Å². The Kier molecular flexibility index (Phi) is 4.48. The zero-order chi connectivity index (χ0) is 15.4. The lowest BCUT2D eigenvalue weighted by molar-refractivity contribution is 0.0600. The second-order valence-electron chi connectivity index (χ2n) is 5.51. The van der Waals surface area contributed by atoms with Crippen molar-refractivity contribution in [2.75, 3.05) is 13.7 Å². The molecule has 1 saturated heterocycles. The largest absolute Gasteiger partial charge is 0.380 e. The van der Waals surface area contributed by atoms with Crippen molar-refractivity contribution in [2.45, 2.75) is 31.9 Å². The van der Waals surface area contributed by atoms with Crippen LogP contribution >= 0.6 is 0 Å². The molecular formula is C16H20N4O2. The molecule has 0 radical (unpaired) electrons. The first-order valence-electron chi connectivity index (χ1n) is 7.53. The number of benzene rings is 1. The molecule has 1 amide bonds. The zero-order valence-electron chi connectivity index (χ0n) is 12.7. The van der Waals surface area contributed by atoms with Crippen LogP contribution in [0.2, 0.25) is 0 Å². The fraction of sp³-hybridized carbons (Fsp3) is 0.438. The Hall–Kier alpha value is -2.21. The fourth-order valence-electron chi connectivity index (χ4n) is 2.96. The summed E-state index contributed by atoms with van der Waals surface area (Å²) in [5, 5.41) is 6.81. The van der Waals surface area contributed by atoms with Gasteiger partial charge in [-0.3, -0.25) is 9.89 Å². The highest BCUT2D eigenvalue weighted by atomic mass is 16.5. The molecule has 0 spiro atoms. The number of rotatable bonds is 4. The van der Waals surface area contributed by atoms with Crippen molar-refractivity contribution in [1.29, 1.82) is 0 Å². The number of methoxy groups -OCH3 is 1. The summed E-state index contributed by atoms with van der Waals surface area (Å²) in [5.41, 5.74) is 1.70. The molecule has 3 rings (SSSR count). The SMILES string of the molecule is COCc1cccc(C(=O)N2CCCC[C@@H]2c2ncn[nH]2)c1. The van der Waals surface area contributed by atoms with Crippen molar-refractivity contribution in [3.05, 3.63) is 47.5 Å². The number of aromatic nitrogens is 3. The van der Waals surface area contributed by atoms with Crippen LogP contribution < -0.4 is 0 Å². The molecule has 0 unspecified atom stereocenters. The highest BCUT2D eigenvalue weighted by Crippen LogP contribution is 2.30. The topological polar surface area (TPSA) is 71.1 Å². The molecule has 2 heterocycles. The summed E-state index contributed by atoms with van der Waals surface area (Å²) in [4.78, 5) is 19.0. The third-order valence-electron chi connectivity index (χ3n) is 4.00. The van der Waals surface area contributed by atoms with E-state index in [0.717, 1.165) is 37.2 Å². The van der Waals surface area contributed by atoms with Gasteiger partial charge in [-0.15, -0.1) is 0 Å². The maximum atomic E-state index is 12.9. The molecule has 2 aromatic rings. The van der Waals surface area contributed by atoms with E-state index in [9.17, 15) is 4.79 Å². The van der Waals surface area contributed by atoms with E-state index in [1.807, 2.05) is 29.2 Å². The van der Waals surface area contributed by atoms with Crippen molar-refractivity contribution in [3.8, 4) is 0 Å². The maximum Gasteiger partial charge on any atom is 0.254 e. The van der Waals surface area contributed by atoms with Gasteiger partial charge in [-0.25, -0.2) is 4.98 Å². The average molecular weight is 300 g/mol. The molecule has 1 aromatic heterocycles. The van der Waals surface area contributed by atoms with Crippen molar-refractivity contribution >= 4 is 5.91 Å². The molecule has 0 saturated carbocycles. The lowest BCUT2D eigenvalue weighted by atomic mass is 9.99. The number of hydrogen-bond acceptors (Lipinski definition) is 4. The maximum absolute atomic E-state index is 12.9. The van der Waals surface area contributed by atoms with Gasteiger partial charge in [0.15, 0.2) is 0 Å². The normalized spacial score (nSPS) is 18.4. The van der Waals surface area contributed by atoms with E-state index >= 15 is 0 Å². The monoisotopic (exact) mass is 300 g/mol. The van der Waals surface area contributed by atoms with Gasteiger partial charge < -0.3 is 9.64 Å². The molecule has 6 nitrogen and oxygen atoms in total. The predicted molar refractivity (Wildman–Crippen MR) is 81.2 cm³/mol. The van der Waals surface area contributed by atoms with Gasteiger partial charge in [-0.1, -0.05) is 12.1 Å². The number of nitrogens with zero attached hydrogens (tertiary/aromatic N) is 3. The standard InChI is InChI=1S/C16H20N4O2/c1-22-10-12-5-4-6-13(9-12)16(21)20-8-3-2-7-14(20)15-17-11-18-19-15/h4-6,9,11,14H,2-3,7-8,10H2,1H3,(H,17,18,19)/t14-/m1/s1. The molecule has 1 aromatic carbocycles. The molecule has 1 aliphatic heterocycles. The summed E-state index contributed by atoms with van der Waals surface area (Å²) in [6.07, 6.45) is 4.53. The number of piperidine rings is 1. The molecule has 0 bridgehead atoms. The Labute approximate surface area is 129 Å². The van der Waals surface area contributed by atoms with E-state index < -0.39 is 0 Å². The van der Waals surface area contributed by atoms with Crippen LogP contribution in [0.4, 0.5) is 0 Å². The number of aromatic amines is 1.